The Bertz CT molecular complexity index is 2090. The highest BCUT2D eigenvalue weighted by atomic mass is 32.2. The Balaban J connectivity index is 1.36. The lowest BCUT2D eigenvalue weighted by atomic mass is 9.94. The molecule has 238 valence electrons. The molecule has 10 heteroatoms. The van der Waals surface area contributed by atoms with Gasteiger partial charge < -0.3 is 19.5 Å². The summed E-state index contributed by atoms with van der Waals surface area (Å²) in [7, 11) is 5.97. The topological polar surface area (TPSA) is 90.3 Å². The molecule has 0 atom stereocenters. The molecule has 0 unspecified atom stereocenters. The maximum atomic E-state index is 10.6. The number of thioether (sulfide) groups is 2. The third kappa shape index (κ3) is 5.51. The Labute approximate surface area is 277 Å². The van der Waals surface area contributed by atoms with Crippen molar-refractivity contribution in [1.82, 2.24) is 24.1 Å². The van der Waals surface area contributed by atoms with E-state index in [0.29, 0.717) is 18.7 Å². The van der Waals surface area contributed by atoms with Gasteiger partial charge in [-0.25, -0.2) is 0 Å². The zero-order chi connectivity index (χ0) is 32.1. The summed E-state index contributed by atoms with van der Waals surface area (Å²) in [6.07, 6.45) is -0.228. The third-order valence-electron chi connectivity index (χ3n) is 9.08. The van der Waals surface area contributed by atoms with Gasteiger partial charge in [-0.2, -0.15) is 10.2 Å². The van der Waals surface area contributed by atoms with Crippen molar-refractivity contribution >= 4 is 45.2 Å². The minimum Gasteiger partial charge on any atom is -0.493 e. The van der Waals surface area contributed by atoms with Crippen molar-refractivity contribution in [2.24, 2.45) is 21.1 Å². The van der Waals surface area contributed by atoms with Crippen molar-refractivity contribution in [3.05, 3.63) is 94.2 Å². The van der Waals surface area contributed by atoms with Gasteiger partial charge in [0.25, 0.3) is 0 Å². The number of ether oxygens (including phenoxy) is 1. The Morgan fingerprint density at radius 1 is 0.870 bits per heavy atom. The Kier molecular flexibility index (Phi) is 8.39. The molecule has 4 heterocycles. The monoisotopic (exact) mass is 653 g/mol. The molecule has 46 heavy (non-hydrogen) atoms. The van der Waals surface area contributed by atoms with Crippen molar-refractivity contribution in [1.29, 1.82) is 0 Å². The molecule has 2 N–H and O–H groups in total. The molecule has 0 radical (unpaired) electrons. The lowest BCUT2D eigenvalue weighted by Crippen LogP contribution is -2.07. The highest BCUT2D eigenvalue weighted by molar-refractivity contribution is 7.98. The molecule has 1 aliphatic rings. The van der Waals surface area contributed by atoms with E-state index in [1.807, 2.05) is 52.9 Å². The van der Waals surface area contributed by atoms with Crippen LogP contribution >= 0.6 is 23.5 Å². The van der Waals surface area contributed by atoms with Gasteiger partial charge >= 0.3 is 0 Å². The molecule has 6 aromatic rings. The number of hydrogen-bond acceptors (Lipinski definition) is 7. The van der Waals surface area contributed by atoms with Gasteiger partial charge in [0.15, 0.2) is 6.29 Å². The maximum Gasteiger partial charge on any atom is 0.194 e. The fraction of sp³-hybridized carbons (Fsp3) is 0.333. The highest BCUT2D eigenvalue weighted by Gasteiger charge is 2.26. The first-order valence-electron chi connectivity index (χ1n) is 15.6. The molecule has 0 aliphatic carbocycles. The first kappa shape index (κ1) is 30.9. The number of aliphatic hydroxyl groups is 2. The summed E-state index contributed by atoms with van der Waals surface area (Å²) in [5, 5.41) is 34.3. The molecule has 0 spiro atoms. The second-order valence-electron chi connectivity index (χ2n) is 12.1. The number of benzene rings is 3. The molecule has 7 rings (SSSR count). The van der Waals surface area contributed by atoms with Crippen LogP contribution in [0.1, 0.15) is 52.3 Å². The van der Waals surface area contributed by atoms with E-state index in [-0.39, 0.29) is 0 Å². The zero-order valence-electron chi connectivity index (χ0n) is 26.9. The lowest BCUT2D eigenvalue weighted by molar-refractivity contribution is -0.0481. The van der Waals surface area contributed by atoms with Gasteiger partial charge in [-0.1, -0.05) is 36.4 Å². The summed E-state index contributed by atoms with van der Waals surface area (Å²) >= 11 is 3.62. The molecule has 0 saturated heterocycles. The maximum absolute atomic E-state index is 10.6. The van der Waals surface area contributed by atoms with E-state index in [1.54, 1.807) is 11.8 Å². The molecular weight excluding hydrogens is 615 g/mol. The molecular formula is C36H39N5O3S2. The van der Waals surface area contributed by atoms with Crippen molar-refractivity contribution < 1.29 is 14.9 Å². The van der Waals surface area contributed by atoms with Crippen LogP contribution in [-0.4, -0.2) is 40.9 Å². The standard InChI is InChI=1S/C36H39N5O3S2/c1-21-12-13-29-28-11-8-14-44-31-17-26(15-23-9-6-7-10-27(23)31)46-19-25-16-24(38-40(25)4)18-45-20-30-33(22(2)37-41(30)5)32(21)34(29)39(3)35(28)36(42)43/h6-7,9-10,12-13,15-17,36,42-43H,8,11,14,18-20H2,1-5H3. The highest BCUT2D eigenvalue weighted by Crippen LogP contribution is 2.42. The summed E-state index contributed by atoms with van der Waals surface area (Å²) in [6.45, 7) is 4.69. The summed E-state index contributed by atoms with van der Waals surface area (Å²) < 4.78 is 12.4. The van der Waals surface area contributed by atoms with Crippen LogP contribution in [0.3, 0.4) is 0 Å². The van der Waals surface area contributed by atoms with Gasteiger partial charge in [-0.3, -0.25) is 9.36 Å². The number of aryl methyl sites for hydroxylation is 6. The second-order valence-corrected chi connectivity index (χ2v) is 14.1. The molecule has 0 fully saturated rings. The second kappa shape index (κ2) is 12.5. The van der Waals surface area contributed by atoms with E-state index in [2.05, 4.69) is 62.4 Å². The normalized spacial score (nSPS) is 14.5. The molecule has 3 aromatic carbocycles. The Morgan fingerprint density at radius 3 is 2.52 bits per heavy atom. The third-order valence-corrected chi connectivity index (χ3v) is 11.1. The molecule has 8 bridgehead atoms. The van der Waals surface area contributed by atoms with Gasteiger partial charge in [-0.05, 0) is 61.4 Å². The molecule has 8 nitrogen and oxygen atoms in total. The van der Waals surface area contributed by atoms with Crippen LogP contribution in [0.4, 0.5) is 0 Å². The van der Waals surface area contributed by atoms with Gasteiger partial charge in [-0.15, -0.1) is 23.5 Å². The van der Waals surface area contributed by atoms with Crippen LogP contribution in [0.2, 0.25) is 0 Å². The van der Waals surface area contributed by atoms with E-state index in [1.165, 1.54) is 5.69 Å². The van der Waals surface area contributed by atoms with E-state index in [4.69, 9.17) is 14.9 Å². The smallest absolute Gasteiger partial charge is 0.194 e. The van der Waals surface area contributed by atoms with E-state index < -0.39 is 6.29 Å². The predicted molar refractivity (Wildman–Crippen MR) is 187 cm³/mol. The Morgan fingerprint density at radius 2 is 1.70 bits per heavy atom. The first-order valence-corrected chi connectivity index (χ1v) is 17.7. The quantitative estimate of drug-likeness (QED) is 0.183. The van der Waals surface area contributed by atoms with Crippen LogP contribution in [0.25, 0.3) is 32.8 Å². The first-order chi connectivity index (χ1) is 22.2. The molecule has 0 amide bonds. The number of hydrogen-bond donors (Lipinski definition) is 2. The Hall–Kier alpha value is -3.70. The zero-order valence-corrected chi connectivity index (χ0v) is 28.5. The van der Waals surface area contributed by atoms with Crippen LogP contribution in [0.15, 0.2) is 59.5 Å². The predicted octanol–water partition coefficient (Wildman–Crippen LogP) is 7.12. The van der Waals surface area contributed by atoms with E-state index in [9.17, 15) is 10.2 Å². The summed E-state index contributed by atoms with van der Waals surface area (Å²) in [4.78, 5) is 1.15. The van der Waals surface area contributed by atoms with Crippen molar-refractivity contribution in [3.8, 4) is 16.9 Å². The molecule has 1 aliphatic heterocycles. The van der Waals surface area contributed by atoms with Gasteiger partial charge in [0.05, 0.1) is 34.9 Å². The molecule has 0 saturated carbocycles. The average Bonchev–Trinajstić information content (AvgIpc) is 3.62. The van der Waals surface area contributed by atoms with Crippen molar-refractivity contribution in [2.75, 3.05) is 6.61 Å². The van der Waals surface area contributed by atoms with Crippen LogP contribution < -0.4 is 4.74 Å². The van der Waals surface area contributed by atoms with Crippen molar-refractivity contribution in [3.63, 3.8) is 0 Å². The number of rotatable bonds is 1. The van der Waals surface area contributed by atoms with Crippen LogP contribution in [0, 0.1) is 13.8 Å². The summed E-state index contributed by atoms with van der Waals surface area (Å²) in [5.74, 6) is 3.23. The van der Waals surface area contributed by atoms with E-state index in [0.717, 1.165) is 95.3 Å². The van der Waals surface area contributed by atoms with Crippen molar-refractivity contribution in [2.45, 2.75) is 55.1 Å². The van der Waals surface area contributed by atoms with Crippen LogP contribution in [0.5, 0.6) is 5.75 Å². The minimum atomic E-state index is -1.60. The largest absolute Gasteiger partial charge is 0.493 e. The van der Waals surface area contributed by atoms with Crippen LogP contribution in [-0.2, 0) is 44.8 Å². The molecule has 3 aromatic heterocycles. The number of aliphatic hydroxyl groups excluding tert-OH is 1. The average molecular weight is 654 g/mol. The summed E-state index contributed by atoms with van der Waals surface area (Å²) in [6, 6.07) is 19.2. The fourth-order valence-corrected chi connectivity index (χ4v) is 8.88. The fourth-order valence-electron chi connectivity index (χ4n) is 6.92. The van der Waals surface area contributed by atoms with Gasteiger partial charge in [0.1, 0.15) is 5.75 Å². The van der Waals surface area contributed by atoms with Gasteiger partial charge in [0.2, 0.25) is 0 Å². The number of fused-ring (bicyclic) bond motifs is 8. The number of aromatic nitrogens is 5. The minimum absolute atomic E-state index is 0.502. The van der Waals surface area contributed by atoms with E-state index >= 15 is 0 Å². The lowest BCUT2D eigenvalue weighted by Gasteiger charge is -2.14. The SMILES string of the molecule is Cc1ccc2c3c(C(O)O)n(C)c2c1-c1c(C)nn(C)c1CSCc1cc(n(C)n1)CSc1cc(c2ccccc2c1)OCCC3. The number of nitrogens with zero attached hydrogens (tertiary/aromatic N) is 5. The summed E-state index contributed by atoms with van der Waals surface area (Å²) in [5.41, 5.74) is 10.1. The van der Waals surface area contributed by atoms with Gasteiger partial charge in [0, 0.05) is 70.9 Å².